The fourth-order valence-electron chi connectivity index (χ4n) is 13.1. The minimum atomic E-state index is -4.55. The van der Waals surface area contributed by atoms with Gasteiger partial charge in [-0.2, -0.15) is 13.2 Å². The molecule has 0 unspecified atom stereocenters. The molecule has 13 aromatic rings. The maximum absolute atomic E-state index is 14.7. The maximum Gasteiger partial charge on any atom is 0.416 e. The third-order valence-corrected chi connectivity index (χ3v) is 16.4. The summed E-state index contributed by atoms with van der Waals surface area (Å²) in [5, 5.41) is 4.25. The number of nitrogens with zero attached hydrogens (tertiary/aromatic N) is 3. The largest absolute Gasteiger partial charge is 0.416 e. The van der Waals surface area contributed by atoms with Crippen molar-refractivity contribution in [3.63, 3.8) is 0 Å². The molecule has 0 aliphatic rings. The van der Waals surface area contributed by atoms with E-state index in [1.54, 1.807) is 6.92 Å². The lowest BCUT2D eigenvalue weighted by atomic mass is 9.93. The molecule has 404 valence electrons. The van der Waals surface area contributed by atoms with Gasteiger partial charge in [0.2, 0.25) is 0 Å². The maximum atomic E-state index is 14.7. The van der Waals surface area contributed by atoms with Crippen LogP contribution in [0.15, 0.2) is 200 Å². The van der Waals surface area contributed by atoms with Gasteiger partial charge in [0.25, 0.3) is 0 Å². The van der Waals surface area contributed by atoms with E-state index in [0.29, 0.717) is 22.4 Å². The lowest BCUT2D eigenvalue weighted by Crippen LogP contribution is -2.05. The molecule has 0 bridgehead atoms. The molecule has 0 N–H and O–H groups in total. The van der Waals surface area contributed by atoms with Gasteiger partial charge in [-0.05, 0) is 214 Å². The summed E-state index contributed by atoms with van der Waals surface area (Å²) >= 11 is 0. The van der Waals surface area contributed by atoms with Crippen molar-refractivity contribution in [1.29, 1.82) is 0 Å². The third kappa shape index (κ3) is 9.66. The summed E-state index contributed by atoms with van der Waals surface area (Å²) in [6, 6.07) is 69.7. The summed E-state index contributed by atoms with van der Waals surface area (Å²) in [6.45, 7) is 27.3. The smallest absolute Gasteiger partial charge is 0.309 e. The average Bonchev–Trinajstić information content (AvgIpc) is 2.63. The van der Waals surface area contributed by atoms with Gasteiger partial charge in [-0.15, -0.1) is 0 Å². The molecule has 83 heavy (non-hydrogen) atoms. The van der Waals surface area contributed by atoms with Crippen molar-refractivity contribution >= 4 is 49.3 Å². The molecule has 6 heteroatoms. The van der Waals surface area contributed by atoms with E-state index in [0.717, 1.165) is 111 Å². The van der Waals surface area contributed by atoms with E-state index in [4.69, 9.17) is 6.57 Å². The van der Waals surface area contributed by atoms with Crippen molar-refractivity contribution in [2.24, 2.45) is 0 Å². The molecule has 0 aliphatic carbocycles. The van der Waals surface area contributed by atoms with Crippen LogP contribution in [0.5, 0.6) is 0 Å². The van der Waals surface area contributed by atoms with Gasteiger partial charge in [0.1, 0.15) is 0 Å². The molecule has 0 atom stereocenters. The molecule has 3 nitrogen and oxygen atoms in total. The Bertz CT molecular complexity index is 4600. The molecule has 2 heterocycles. The zero-order chi connectivity index (χ0) is 57.7. The summed E-state index contributed by atoms with van der Waals surface area (Å²) in [5.41, 5.74) is 26.7. The highest BCUT2D eigenvalue weighted by atomic mass is 19.4. The molecule has 0 spiro atoms. The second kappa shape index (κ2) is 20.1. The zero-order valence-electron chi connectivity index (χ0n) is 48.0. The first-order valence-corrected chi connectivity index (χ1v) is 28.2. The van der Waals surface area contributed by atoms with E-state index in [1.807, 2.05) is 36.4 Å². The van der Waals surface area contributed by atoms with Crippen LogP contribution in [0.25, 0.3) is 127 Å². The van der Waals surface area contributed by atoms with Crippen molar-refractivity contribution in [3.8, 4) is 78.1 Å². The Morgan fingerprint density at radius 1 is 0.289 bits per heavy atom. The van der Waals surface area contributed by atoms with Gasteiger partial charge in [0.15, 0.2) is 5.69 Å². The van der Waals surface area contributed by atoms with Crippen molar-refractivity contribution in [2.45, 2.75) is 68.5 Å². The van der Waals surface area contributed by atoms with Crippen LogP contribution < -0.4 is 0 Å². The molecule has 0 aliphatic heterocycles. The lowest BCUT2D eigenvalue weighted by Gasteiger charge is -2.21. The number of fused-ring (bicyclic) bond motifs is 6. The van der Waals surface area contributed by atoms with Gasteiger partial charge < -0.3 is 9.13 Å². The normalized spacial score (nSPS) is 11.8. The Morgan fingerprint density at radius 2 is 0.566 bits per heavy atom. The molecule has 0 saturated heterocycles. The van der Waals surface area contributed by atoms with E-state index >= 15 is 0 Å². The zero-order valence-corrected chi connectivity index (χ0v) is 48.0. The second-order valence-corrected chi connectivity index (χ2v) is 23.2. The number of hydrogen-bond acceptors (Lipinski definition) is 0. The SMILES string of the molecule is [C-]#[N+]c1ccc(-n2c3ccc(-c4cc(C)cc(C)c4)cc3c3cc(-c4cc(C)cc(C)c4)ccc32)c(-c2cc(-c3cc(C)cc(C(F)(F)F)c3)ccc2-n2c3ccc(-c4cc(C)cc(C)c4)cc3c3cc(-c4cc(C)cc(C)c4)ccc32)c1. The van der Waals surface area contributed by atoms with E-state index in [1.165, 1.54) is 56.6 Å². The van der Waals surface area contributed by atoms with Gasteiger partial charge in [-0.3, -0.25) is 0 Å². The van der Waals surface area contributed by atoms with Crippen LogP contribution >= 0.6 is 0 Å². The number of hydrogen-bond donors (Lipinski definition) is 0. The van der Waals surface area contributed by atoms with Crippen LogP contribution in [0.1, 0.15) is 55.6 Å². The molecule has 13 rings (SSSR count). The summed E-state index contributed by atoms with van der Waals surface area (Å²) < 4.78 is 48.8. The topological polar surface area (TPSA) is 14.2 Å². The van der Waals surface area contributed by atoms with Crippen molar-refractivity contribution in [3.05, 3.63) is 267 Å². The lowest BCUT2D eigenvalue weighted by molar-refractivity contribution is -0.137. The molecule has 11 aromatic carbocycles. The van der Waals surface area contributed by atoms with Crippen LogP contribution in [-0.2, 0) is 6.18 Å². The highest BCUT2D eigenvalue weighted by molar-refractivity contribution is 6.14. The minimum absolute atomic E-state index is 0.434. The standard InChI is InChI=1S/C77H60F3N3/c1-44-23-45(2)28-58(27-44)53-11-17-71-65(38-53)66-39-54(59-29-46(3)24-47(4)30-59)12-18-72(66)82(71)75-21-15-57(62-35-52(9)36-63(37-62)77(78,79)80)42-69(75)70-43-64(81-10)16-22-76(70)83-73-19-13-55(60-31-48(5)25-49(6)32-60)40-67(73)68-41-56(14-20-74(68)83)61-33-50(7)26-51(8)34-61/h11-43H,1-9H3. The predicted octanol–water partition coefficient (Wildman–Crippen LogP) is 22.2. The van der Waals surface area contributed by atoms with Gasteiger partial charge >= 0.3 is 6.18 Å². The van der Waals surface area contributed by atoms with Crippen molar-refractivity contribution in [1.82, 2.24) is 9.13 Å². The van der Waals surface area contributed by atoms with Crippen molar-refractivity contribution < 1.29 is 13.2 Å². The van der Waals surface area contributed by atoms with Crippen LogP contribution in [0.2, 0.25) is 0 Å². The summed E-state index contributed by atoms with van der Waals surface area (Å²) in [7, 11) is 0. The van der Waals surface area contributed by atoms with E-state index in [-0.39, 0.29) is 0 Å². The Hall–Kier alpha value is -9.70. The highest BCUT2D eigenvalue weighted by Crippen LogP contribution is 2.46. The van der Waals surface area contributed by atoms with Crippen molar-refractivity contribution in [2.75, 3.05) is 0 Å². The van der Waals surface area contributed by atoms with Crippen LogP contribution in [0.4, 0.5) is 18.9 Å². The fourth-order valence-corrected chi connectivity index (χ4v) is 13.1. The average molecular weight is 1080 g/mol. The highest BCUT2D eigenvalue weighted by Gasteiger charge is 2.31. The van der Waals surface area contributed by atoms with Gasteiger partial charge in [-0.1, -0.05) is 160 Å². The Kier molecular flexibility index (Phi) is 12.7. The number of alkyl halides is 3. The van der Waals surface area contributed by atoms with Gasteiger partial charge in [0.05, 0.1) is 45.6 Å². The van der Waals surface area contributed by atoms with Crippen LogP contribution in [-0.4, -0.2) is 9.13 Å². The Morgan fingerprint density at radius 3 is 0.892 bits per heavy atom. The first-order chi connectivity index (χ1) is 39.8. The van der Waals surface area contributed by atoms with E-state index < -0.39 is 11.7 Å². The molecule has 0 saturated carbocycles. The Labute approximate surface area is 483 Å². The minimum Gasteiger partial charge on any atom is -0.309 e. The van der Waals surface area contributed by atoms with E-state index in [2.05, 4.69) is 221 Å². The predicted molar refractivity (Wildman–Crippen MR) is 342 cm³/mol. The number of rotatable bonds is 8. The van der Waals surface area contributed by atoms with Gasteiger partial charge in [0, 0.05) is 27.1 Å². The first kappa shape index (κ1) is 52.7. The molecule has 2 aromatic heterocycles. The number of aryl methyl sites for hydroxylation is 9. The van der Waals surface area contributed by atoms with E-state index in [9.17, 15) is 13.2 Å². The third-order valence-electron chi connectivity index (χ3n) is 16.4. The summed E-state index contributed by atoms with van der Waals surface area (Å²) in [6.07, 6.45) is -4.55. The van der Waals surface area contributed by atoms with Crippen LogP contribution in [0.3, 0.4) is 0 Å². The molecule has 0 radical (unpaired) electrons. The number of benzene rings is 11. The quantitative estimate of drug-likeness (QED) is 0.135. The monoisotopic (exact) mass is 1080 g/mol. The second-order valence-electron chi connectivity index (χ2n) is 23.2. The molecular formula is C77H60F3N3. The van der Waals surface area contributed by atoms with Gasteiger partial charge in [-0.25, -0.2) is 4.85 Å². The fraction of sp³-hybridized carbons (Fsp3) is 0.130. The first-order valence-electron chi connectivity index (χ1n) is 28.2. The molecular weight excluding hydrogens is 1020 g/mol. The molecule has 0 amide bonds. The summed E-state index contributed by atoms with van der Waals surface area (Å²) in [4.78, 5) is 4.06. The Balaban J connectivity index is 1.13. The number of halogens is 3. The summed E-state index contributed by atoms with van der Waals surface area (Å²) in [5.74, 6) is 0. The number of aromatic nitrogens is 2. The van der Waals surface area contributed by atoms with Crippen LogP contribution in [0, 0.1) is 68.9 Å². The molecule has 0 fully saturated rings.